The van der Waals surface area contributed by atoms with Gasteiger partial charge in [0.05, 0.1) is 10.2 Å². The zero-order chi connectivity index (χ0) is 21.3. The minimum absolute atomic E-state index is 0.00884. The van der Waals surface area contributed by atoms with Gasteiger partial charge in [0.1, 0.15) is 5.75 Å². The van der Waals surface area contributed by atoms with E-state index in [1.54, 1.807) is 4.57 Å². The molecule has 1 amide bonds. The number of fused-ring (bicyclic) bond motifs is 2. The van der Waals surface area contributed by atoms with Crippen LogP contribution in [0.3, 0.4) is 0 Å². The average Bonchev–Trinajstić information content (AvgIpc) is 3.06. The topological polar surface area (TPSA) is 60.3 Å². The van der Waals surface area contributed by atoms with Crippen LogP contribution in [0, 0.1) is 0 Å². The van der Waals surface area contributed by atoms with Gasteiger partial charge in [-0.1, -0.05) is 48.6 Å². The monoisotopic (exact) mass is 420 g/mol. The Balaban J connectivity index is 1.53. The van der Waals surface area contributed by atoms with Crippen LogP contribution in [0.2, 0.25) is 0 Å². The minimum atomic E-state index is -0.610. The molecule has 1 atom stereocenters. The zero-order valence-corrected chi connectivity index (χ0v) is 18.0. The lowest BCUT2D eigenvalue weighted by atomic mass is 10.1. The van der Waals surface area contributed by atoms with Crippen LogP contribution in [0.5, 0.6) is 5.75 Å². The van der Waals surface area contributed by atoms with Gasteiger partial charge in [0.2, 0.25) is 0 Å². The number of nitrogens with zero attached hydrogens (tertiary/aromatic N) is 1. The molecule has 0 aliphatic heterocycles. The van der Waals surface area contributed by atoms with Gasteiger partial charge in [-0.25, -0.2) is 0 Å². The number of aromatic nitrogens is 1. The first-order valence-corrected chi connectivity index (χ1v) is 10.9. The van der Waals surface area contributed by atoms with Crippen LogP contribution in [0.15, 0.2) is 65.5 Å². The maximum atomic E-state index is 12.8. The van der Waals surface area contributed by atoms with E-state index in [4.69, 9.17) is 4.74 Å². The van der Waals surface area contributed by atoms with Crippen molar-refractivity contribution < 1.29 is 9.53 Å². The Morgan fingerprint density at radius 1 is 1.07 bits per heavy atom. The van der Waals surface area contributed by atoms with Crippen molar-refractivity contribution in [2.24, 2.45) is 0 Å². The van der Waals surface area contributed by atoms with Crippen LogP contribution in [0.4, 0.5) is 5.69 Å². The van der Waals surface area contributed by atoms with Crippen molar-refractivity contribution in [3.05, 3.63) is 70.3 Å². The maximum absolute atomic E-state index is 12.8. The number of hydrogen-bond acceptors (Lipinski definition) is 4. The lowest BCUT2D eigenvalue weighted by Gasteiger charge is -2.18. The molecule has 30 heavy (non-hydrogen) atoms. The van der Waals surface area contributed by atoms with Gasteiger partial charge in [0, 0.05) is 11.7 Å². The van der Waals surface area contributed by atoms with Gasteiger partial charge in [-0.2, -0.15) is 0 Å². The molecule has 0 radical (unpaired) electrons. The number of anilines is 1. The highest BCUT2D eigenvalue weighted by Gasteiger charge is 2.19. The molecule has 1 heterocycles. The Bertz CT molecular complexity index is 1270. The second-order valence-corrected chi connectivity index (χ2v) is 8.52. The zero-order valence-electron chi connectivity index (χ0n) is 17.2. The Kier molecular flexibility index (Phi) is 5.59. The molecule has 0 aliphatic carbocycles. The lowest BCUT2D eigenvalue weighted by molar-refractivity contribution is -0.122. The van der Waals surface area contributed by atoms with Gasteiger partial charge >= 0.3 is 4.87 Å². The van der Waals surface area contributed by atoms with E-state index in [1.165, 1.54) is 11.3 Å². The predicted molar refractivity (Wildman–Crippen MR) is 124 cm³/mol. The van der Waals surface area contributed by atoms with Gasteiger partial charge in [-0.15, -0.1) is 0 Å². The third-order valence-electron chi connectivity index (χ3n) is 5.06. The van der Waals surface area contributed by atoms with Crippen molar-refractivity contribution >= 4 is 43.9 Å². The largest absolute Gasteiger partial charge is 0.481 e. The van der Waals surface area contributed by atoms with E-state index in [2.05, 4.69) is 5.32 Å². The number of thiazole rings is 1. The standard InChI is InChI=1S/C24H24N2O3S/c1-4-21(29-19-11-9-16-7-5-6-8-17(16)13-19)23(27)25-18-10-12-20-22(14-18)30-24(28)26(20)15(2)3/h5-15,21H,4H2,1-3H3,(H,25,27)/t21-/m1/s1. The highest BCUT2D eigenvalue weighted by atomic mass is 32.1. The van der Waals surface area contributed by atoms with Crippen molar-refractivity contribution in [2.75, 3.05) is 5.32 Å². The molecule has 0 unspecified atom stereocenters. The molecular formula is C24H24N2O3S. The van der Waals surface area contributed by atoms with Crippen LogP contribution >= 0.6 is 11.3 Å². The van der Waals surface area contributed by atoms with E-state index in [1.807, 2.05) is 81.4 Å². The van der Waals surface area contributed by atoms with Gasteiger partial charge < -0.3 is 10.1 Å². The summed E-state index contributed by atoms with van der Waals surface area (Å²) in [6.07, 6.45) is -0.0707. The van der Waals surface area contributed by atoms with E-state index >= 15 is 0 Å². The van der Waals surface area contributed by atoms with Gasteiger partial charge in [-0.05, 0) is 61.4 Å². The van der Waals surface area contributed by atoms with E-state index in [0.29, 0.717) is 17.9 Å². The predicted octanol–water partition coefficient (Wildman–Crippen LogP) is 5.59. The number of amides is 1. The third kappa shape index (κ3) is 3.96. The first-order valence-electron chi connectivity index (χ1n) is 10.1. The fourth-order valence-electron chi connectivity index (χ4n) is 3.55. The van der Waals surface area contributed by atoms with Crippen molar-refractivity contribution in [3.8, 4) is 5.75 Å². The SMILES string of the molecule is CC[C@@H](Oc1ccc2ccccc2c1)C(=O)Nc1ccc2c(c1)sc(=O)n2C(C)C. The number of nitrogens with one attached hydrogen (secondary N) is 1. The third-order valence-corrected chi connectivity index (χ3v) is 5.98. The second kappa shape index (κ2) is 8.32. The quantitative estimate of drug-likeness (QED) is 0.442. The highest BCUT2D eigenvalue weighted by molar-refractivity contribution is 7.16. The Labute approximate surface area is 178 Å². The molecular weight excluding hydrogens is 396 g/mol. The van der Waals surface area contributed by atoms with E-state index in [-0.39, 0.29) is 16.8 Å². The first kappa shape index (κ1) is 20.2. The number of hydrogen-bond donors (Lipinski definition) is 1. The molecule has 0 saturated heterocycles. The summed E-state index contributed by atoms with van der Waals surface area (Å²) in [5.41, 5.74) is 1.54. The average molecular weight is 421 g/mol. The summed E-state index contributed by atoms with van der Waals surface area (Å²) in [5, 5.41) is 5.13. The number of carbonyl (C=O) groups excluding carboxylic acids is 1. The van der Waals surface area contributed by atoms with Crippen LogP contribution in [-0.4, -0.2) is 16.6 Å². The van der Waals surface area contributed by atoms with Crippen LogP contribution < -0.4 is 14.9 Å². The summed E-state index contributed by atoms with van der Waals surface area (Å²) in [4.78, 5) is 25.1. The molecule has 4 aromatic rings. The molecule has 0 bridgehead atoms. The second-order valence-electron chi connectivity index (χ2n) is 7.53. The summed E-state index contributed by atoms with van der Waals surface area (Å²) in [6, 6.07) is 19.5. The molecule has 0 spiro atoms. The van der Waals surface area contributed by atoms with Gasteiger partial charge in [0.15, 0.2) is 6.10 Å². The number of ether oxygens (including phenoxy) is 1. The Morgan fingerprint density at radius 3 is 2.57 bits per heavy atom. The smallest absolute Gasteiger partial charge is 0.308 e. The summed E-state index contributed by atoms with van der Waals surface area (Å²) < 4.78 is 8.61. The van der Waals surface area contributed by atoms with Crippen LogP contribution in [0.25, 0.3) is 21.0 Å². The molecule has 4 rings (SSSR count). The summed E-state index contributed by atoms with van der Waals surface area (Å²) in [7, 11) is 0. The molecule has 3 aromatic carbocycles. The van der Waals surface area contributed by atoms with E-state index in [0.717, 1.165) is 21.0 Å². The summed E-state index contributed by atoms with van der Waals surface area (Å²) in [6.45, 7) is 5.89. The fraction of sp³-hybridized carbons (Fsp3) is 0.250. The van der Waals surface area contributed by atoms with Crippen LogP contribution in [-0.2, 0) is 4.79 Å². The molecule has 0 saturated carbocycles. The van der Waals surface area contributed by atoms with Gasteiger partial charge in [-0.3, -0.25) is 14.2 Å². The molecule has 1 N–H and O–H groups in total. The summed E-state index contributed by atoms with van der Waals surface area (Å²) in [5.74, 6) is 0.457. The van der Waals surface area contributed by atoms with Crippen molar-refractivity contribution in [1.82, 2.24) is 4.57 Å². The fourth-order valence-corrected chi connectivity index (χ4v) is 4.61. The maximum Gasteiger partial charge on any atom is 0.308 e. The Hall–Kier alpha value is -3.12. The number of rotatable bonds is 6. The van der Waals surface area contributed by atoms with Crippen molar-refractivity contribution in [2.45, 2.75) is 39.3 Å². The van der Waals surface area contributed by atoms with Crippen molar-refractivity contribution in [3.63, 3.8) is 0 Å². The molecule has 154 valence electrons. The molecule has 0 fully saturated rings. The summed E-state index contributed by atoms with van der Waals surface area (Å²) >= 11 is 1.19. The number of benzene rings is 3. The van der Waals surface area contributed by atoms with Crippen molar-refractivity contribution in [1.29, 1.82) is 0 Å². The molecule has 1 aromatic heterocycles. The van der Waals surface area contributed by atoms with E-state index < -0.39 is 6.10 Å². The molecule has 0 aliphatic rings. The van der Waals surface area contributed by atoms with Crippen LogP contribution in [0.1, 0.15) is 33.2 Å². The normalized spacial score (nSPS) is 12.4. The lowest BCUT2D eigenvalue weighted by Crippen LogP contribution is -2.32. The van der Waals surface area contributed by atoms with E-state index in [9.17, 15) is 9.59 Å². The highest BCUT2D eigenvalue weighted by Crippen LogP contribution is 2.25. The first-order chi connectivity index (χ1) is 14.5. The molecule has 6 heteroatoms. The molecule has 5 nitrogen and oxygen atoms in total. The minimum Gasteiger partial charge on any atom is -0.481 e. The Morgan fingerprint density at radius 2 is 1.83 bits per heavy atom. The van der Waals surface area contributed by atoms with Gasteiger partial charge in [0.25, 0.3) is 5.91 Å². The number of carbonyl (C=O) groups is 1.